The molecule has 1 fully saturated rings. The van der Waals surface area contributed by atoms with E-state index in [2.05, 4.69) is 16.7 Å². The summed E-state index contributed by atoms with van der Waals surface area (Å²) in [6, 6.07) is 7.67. The molecule has 1 amide bonds. The molecular formula is C16H23FN2O. The first-order chi connectivity index (χ1) is 9.79. The topological polar surface area (TPSA) is 41.1 Å². The maximum Gasteiger partial charge on any atom is 0.251 e. The Balaban J connectivity index is 1.86. The Morgan fingerprint density at radius 2 is 2.15 bits per heavy atom. The zero-order chi connectivity index (χ0) is 14.2. The third-order valence-electron chi connectivity index (χ3n) is 3.87. The van der Waals surface area contributed by atoms with E-state index in [0.29, 0.717) is 5.56 Å². The van der Waals surface area contributed by atoms with Crippen LogP contribution < -0.4 is 10.6 Å². The Morgan fingerprint density at radius 1 is 1.35 bits per heavy atom. The van der Waals surface area contributed by atoms with Crippen LogP contribution in [-0.2, 0) is 6.42 Å². The van der Waals surface area contributed by atoms with Crippen molar-refractivity contribution in [2.45, 2.75) is 25.7 Å². The van der Waals surface area contributed by atoms with Gasteiger partial charge in [0.2, 0.25) is 0 Å². The van der Waals surface area contributed by atoms with Crippen molar-refractivity contribution in [3.63, 3.8) is 0 Å². The fourth-order valence-corrected chi connectivity index (χ4v) is 2.67. The Bertz CT molecular complexity index is 430. The summed E-state index contributed by atoms with van der Waals surface area (Å²) in [6.45, 7) is 1.80. The van der Waals surface area contributed by atoms with Crippen molar-refractivity contribution in [2.75, 3.05) is 26.3 Å². The van der Waals surface area contributed by atoms with Gasteiger partial charge in [0.05, 0.1) is 0 Å². The van der Waals surface area contributed by atoms with Crippen LogP contribution in [0.3, 0.4) is 0 Å². The Labute approximate surface area is 120 Å². The fourth-order valence-electron chi connectivity index (χ4n) is 2.67. The molecule has 0 saturated carbocycles. The molecular weight excluding hydrogens is 255 g/mol. The molecule has 20 heavy (non-hydrogen) atoms. The van der Waals surface area contributed by atoms with Gasteiger partial charge in [-0.1, -0.05) is 12.1 Å². The maximum absolute atomic E-state index is 12.1. The van der Waals surface area contributed by atoms with Gasteiger partial charge in [0.25, 0.3) is 5.91 Å². The van der Waals surface area contributed by atoms with Crippen LogP contribution in [-0.4, -0.2) is 32.2 Å². The zero-order valence-corrected chi connectivity index (χ0v) is 11.8. The van der Waals surface area contributed by atoms with Gasteiger partial charge in [-0.3, -0.25) is 4.79 Å². The van der Waals surface area contributed by atoms with Crippen LogP contribution in [0.2, 0.25) is 0 Å². The number of aryl methyl sites for hydroxylation is 1. The van der Waals surface area contributed by atoms with Gasteiger partial charge in [0.1, 0.15) is 6.67 Å². The summed E-state index contributed by atoms with van der Waals surface area (Å²) in [7, 11) is 0. The first kappa shape index (κ1) is 15.0. The lowest BCUT2D eigenvalue weighted by Gasteiger charge is -2.22. The van der Waals surface area contributed by atoms with Crippen molar-refractivity contribution in [3.05, 3.63) is 35.4 Å². The number of hydrogen-bond donors (Lipinski definition) is 2. The number of hydrogen-bond acceptors (Lipinski definition) is 2. The molecule has 1 aliphatic heterocycles. The van der Waals surface area contributed by atoms with E-state index in [1.165, 1.54) is 24.8 Å². The SMILES string of the molecule is O=C(NCCF)c1cccc(CCC2CCNCC2)c1. The van der Waals surface area contributed by atoms with Crippen LogP contribution in [0, 0.1) is 5.92 Å². The van der Waals surface area contributed by atoms with Crippen LogP contribution >= 0.6 is 0 Å². The van der Waals surface area contributed by atoms with Crippen LogP contribution in [0.25, 0.3) is 0 Å². The minimum Gasteiger partial charge on any atom is -0.349 e. The second kappa shape index (κ2) is 8.00. The summed E-state index contributed by atoms with van der Waals surface area (Å²) in [4.78, 5) is 11.8. The van der Waals surface area contributed by atoms with E-state index in [4.69, 9.17) is 0 Å². The molecule has 0 spiro atoms. The third kappa shape index (κ3) is 4.60. The van der Waals surface area contributed by atoms with Crippen molar-refractivity contribution in [2.24, 2.45) is 5.92 Å². The van der Waals surface area contributed by atoms with E-state index < -0.39 is 6.67 Å². The summed E-state index contributed by atoms with van der Waals surface area (Å²) in [5, 5.41) is 5.93. The van der Waals surface area contributed by atoms with Crippen LogP contribution in [0.1, 0.15) is 35.2 Å². The van der Waals surface area contributed by atoms with E-state index >= 15 is 0 Å². The van der Waals surface area contributed by atoms with E-state index in [9.17, 15) is 9.18 Å². The van der Waals surface area contributed by atoms with Crippen molar-refractivity contribution < 1.29 is 9.18 Å². The summed E-state index contributed by atoms with van der Waals surface area (Å²) in [5.41, 5.74) is 1.82. The monoisotopic (exact) mass is 278 g/mol. The lowest BCUT2D eigenvalue weighted by molar-refractivity contribution is 0.0950. The van der Waals surface area contributed by atoms with Gasteiger partial charge >= 0.3 is 0 Å². The average molecular weight is 278 g/mol. The number of piperidine rings is 1. The third-order valence-corrected chi connectivity index (χ3v) is 3.87. The smallest absolute Gasteiger partial charge is 0.251 e. The predicted octanol–water partition coefficient (Wildman–Crippen LogP) is 2.32. The lowest BCUT2D eigenvalue weighted by atomic mass is 9.91. The number of benzene rings is 1. The van der Waals surface area contributed by atoms with Crippen LogP contribution in [0.15, 0.2) is 24.3 Å². The molecule has 1 aliphatic rings. The molecule has 0 bridgehead atoms. The second-order valence-electron chi connectivity index (χ2n) is 5.38. The highest BCUT2D eigenvalue weighted by Crippen LogP contribution is 2.19. The number of alkyl halides is 1. The Kier molecular flexibility index (Phi) is 5.99. The van der Waals surface area contributed by atoms with Gasteiger partial charge in [0.15, 0.2) is 0 Å². The zero-order valence-electron chi connectivity index (χ0n) is 11.8. The van der Waals surface area contributed by atoms with E-state index in [-0.39, 0.29) is 12.5 Å². The standard InChI is InChI=1S/C16H23FN2O/c17-8-11-19-16(20)15-3-1-2-14(12-15)5-4-13-6-9-18-10-7-13/h1-3,12-13,18H,4-11H2,(H,19,20). The first-order valence-electron chi connectivity index (χ1n) is 7.43. The molecule has 2 N–H and O–H groups in total. The highest BCUT2D eigenvalue weighted by molar-refractivity contribution is 5.94. The largest absolute Gasteiger partial charge is 0.349 e. The van der Waals surface area contributed by atoms with Crippen LogP contribution in [0.4, 0.5) is 4.39 Å². The number of halogens is 1. The number of carbonyl (C=O) groups excluding carboxylic acids is 1. The minimum absolute atomic E-state index is 0.0815. The molecule has 110 valence electrons. The van der Waals surface area contributed by atoms with Gasteiger partial charge in [-0.25, -0.2) is 4.39 Å². The molecule has 1 aromatic rings. The Morgan fingerprint density at radius 3 is 2.90 bits per heavy atom. The molecule has 0 atom stereocenters. The molecule has 1 saturated heterocycles. The average Bonchev–Trinajstić information content (AvgIpc) is 2.52. The predicted molar refractivity (Wildman–Crippen MR) is 78.7 cm³/mol. The van der Waals surface area contributed by atoms with Gasteiger partial charge in [-0.2, -0.15) is 0 Å². The quantitative estimate of drug-likeness (QED) is 0.838. The minimum atomic E-state index is -0.527. The number of carbonyl (C=O) groups is 1. The van der Waals surface area contributed by atoms with Gasteiger partial charge in [-0.05, 0) is 62.4 Å². The molecule has 1 aromatic carbocycles. The summed E-state index contributed by atoms with van der Waals surface area (Å²) in [6.07, 6.45) is 4.68. The molecule has 0 aliphatic carbocycles. The summed E-state index contributed by atoms with van der Waals surface area (Å²) < 4.78 is 12.1. The second-order valence-corrected chi connectivity index (χ2v) is 5.38. The molecule has 3 nitrogen and oxygen atoms in total. The number of amides is 1. The van der Waals surface area contributed by atoms with E-state index in [0.717, 1.165) is 25.4 Å². The molecule has 4 heteroatoms. The first-order valence-corrected chi connectivity index (χ1v) is 7.43. The van der Waals surface area contributed by atoms with Gasteiger partial charge in [-0.15, -0.1) is 0 Å². The maximum atomic E-state index is 12.1. The fraction of sp³-hybridized carbons (Fsp3) is 0.562. The normalized spacial score (nSPS) is 16.1. The number of rotatable bonds is 6. The highest BCUT2D eigenvalue weighted by atomic mass is 19.1. The molecule has 1 heterocycles. The van der Waals surface area contributed by atoms with Crippen LogP contribution in [0.5, 0.6) is 0 Å². The summed E-state index contributed by atoms with van der Waals surface area (Å²) in [5.74, 6) is 0.603. The highest BCUT2D eigenvalue weighted by Gasteiger charge is 2.13. The molecule has 2 rings (SSSR count). The van der Waals surface area contributed by atoms with Crippen molar-refractivity contribution in [3.8, 4) is 0 Å². The van der Waals surface area contributed by atoms with Crippen molar-refractivity contribution in [1.29, 1.82) is 0 Å². The molecule has 0 radical (unpaired) electrons. The van der Waals surface area contributed by atoms with Gasteiger partial charge < -0.3 is 10.6 Å². The lowest BCUT2D eigenvalue weighted by Crippen LogP contribution is -2.28. The summed E-state index contributed by atoms with van der Waals surface area (Å²) >= 11 is 0. The van der Waals surface area contributed by atoms with Crippen molar-refractivity contribution >= 4 is 5.91 Å². The molecule has 0 unspecified atom stereocenters. The molecule has 0 aromatic heterocycles. The Hall–Kier alpha value is -1.42. The van der Waals surface area contributed by atoms with Gasteiger partial charge in [0, 0.05) is 12.1 Å². The number of nitrogens with one attached hydrogen (secondary N) is 2. The van der Waals surface area contributed by atoms with E-state index in [1.807, 2.05) is 12.1 Å². The van der Waals surface area contributed by atoms with Crippen molar-refractivity contribution in [1.82, 2.24) is 10.6 Å². The van der Waals surface area contributed by atoms with E-state index in [1.54, 1.807) is 6.07 Å².